The first-order chi connectivity index (χ1) is 13.1. The van der Waals surface area contributed by atoms with Crippen LogP contribution in [0, 0.1) is 0 Å². The minimum Gasteiger partial charge on any atom is -0.493 e. The van der Waals surface area contributed by atoms with Crippen LogP contribution in [0.1, 0.15) is 35.2 Å². The highest BCUT2D eigenvalue weighted by molar-refractivity contribution is 6.00. The number of rotatable bonds is 6. The molecule has 1 heterocycles. The molecule has 2 aromatic rings. The molecule has 0 radical (unpaired) electrons. The SMILES string of the molecule is COc1cc(C(=O)N2CCCCC2CO)c(N)cc1OCc1ccccc1. The molecule has 2 aromatic carbocycles. The molecule has 1 unspecified atom stereocenters. The van der Waals surface area contributed by atoms with Crippen LogP contribution in [0.2, 0.25) is 0 Å². The number of piperidine rings is 1. The Hall–Kier alpha value is -2.73. The lowest BCUT2D eigenvalue weighted by molar-refractivity contribution is 0.0503. The first-order valence-electron chi connectivity index (χ1n) is 9.20. The number of ether oxygens (including phenoxy) is 2. The molecule has 6 nitrogen and oxygen atoms in total. The van der Waals surface area contributed by atoms with Crippen molar-refractivity contribution in [2.45, 2.75) is 31.9 Å². The molecule has 3 N–H and O–H groups in total. The molecule has 1 fully saturated rings. The minimum atomic E-state index is -0.181. The van der Waals surface area contributed by atoms with Gasteiger partial charge in [-0.1, -0.05) is 30.3 Å². The minimum absolute atomic E-state index is 0.0406. The van der Waals surface area contributed by atoms with Crippen LogP contribution in [-0.4, -0.2) is 42.2 Å². The van der Waals surface area contributed by atoms with E-state index in [9.17, 15) is 9.90 Å². The van der Waals surface area contributed by atoms with Gasteiger partial charge in [-0.2, -0.15) is 0 Å². The number of methoxy groups -OCH3 is 1. The smallest absolute Gasteiger partial charge is 0.256 e. The highest BCUT2D eigenvalue weighted by atomic mass is 16.5. The third kappa shape index (κ3) is 4.34. The van der Waals surface area contributed by atoms with Gasteiger partial charge >= 0.3 is 0 Å². The van der Waals surface area contributed by atoms with Gasteiger partial charge in [0.1, 0.15) is 6.61 Å². The summed E-state index contributed by atoms with van der Waals surface area (Å²) >= 11 is 0. The van der Waals surface area contributed by atoms with E-state index in [0.29, 0.717) is 35.9 Å². The van der Waals surface area contributed by atoms with Crippen molar-refractivity contribution in [2.75, 3.05) is 26.0 Å². The zero-order valence-corrected chi connectivity index (χ0v) is 15.6. The number of aliphatic hydroxyl groups is 1. The molecule has 1 aliphatic heterocycles. The maximum absolute atomic E-state index is 13.0. The monoisotopic (exact) mass is 370 g/mol. The molecule has 1 aliphatic rings. The van der Waals surface area contributed by atoms with Gasteiger partial charge in [0.15, 0.2) is 11.5 Å². The Labute approximate surface area is 159 Å². The van der Waals surface area contributed by atoms with Gasteiger partial charge in [-0.05, 0) is 30.9 Å². The third-order valence-corrected chi connectivity index (χ3v) is 4.90. The number of hydrogen-bond acceptors (Lipinski definition) is 5. The molecule has 0 aromatic heterocycles. The molecule has 27 heavy (non-hydrogen) atoms. The Bertz CT molecular complexity index is 779. The number of benzene rings is 2. The van der Waals surface area contributed by atoms with E-state index in [1.54, 1.807) is 17.0 Å². The van der Waals surface area contributed by atoms with Crippen molar-refractivity contribution < 1.29 is 19.4 Å². The molecule has 1 saturated heterocycles. The van der Waals surface area contributed by atoms with Gasteiger partial charge in [-0.15, -0.1) is 0 Å². The molecule has 0 aliphatic carbocycles. The fourth-order valence-corrected chi connectivity index (χ4v) is 3.38. The van der Waals surface area contributed by atoms with Crippen LogP contribution in [0.4, 0.5) is 5.69 Å². The number of anilines is 1. The number of likely N-dealkylation sites (tertiary alicyclic amines) is 1. The van der Waals surface area contributed by atoms with Gasteiger partial charge in [-0.25, -0.2) is 0 Å². The number of carbonyl (C=O) groups excluding carboxylic acids is 1. The number of carbonyl (C=O) groups is 1. The first kappa shape index (κ1) is 19.0. The van der Waals surface area contributed by atoms with Crippen LogP contribution in [0.5, 0.6) is 11.5 Å². The largest absolute Gasteiger partial charge is 0.493 e. The van der Waals surface area contributed by atoms with Crippen molar-refractivity contribution in [1.82, 2.24) is 4.90 Å². The van der Waals surface area contributed by atoms with Crippen molar-refractivity contribution in [3.63, 3.8) is 0 Å². The van der Waals surface area contributed by atoms with Crippen LogP contribution in [0.25, 0.3) is 0 Å². The third-order valence-electron chi connectivity index (χ3n) is 4.90. The van der Waals surface area contributed by atoms with E-state index in [1.165, 1.54) is 7.11 Å². The summed E-state index contributed by atoms with van der Waals surface area (Å²) in [6.45, 7) is 0.960. The van der Waals surface area contributed by atoms with E-state index in [4.69, 9.17) is 15.2 Å². The van der Waals surface area contributed by atoms with Gasteiger partial charge in [-0.3, -0.25) is 4.79 Å². The zero-order valence-electron chi connectivity index (χ0n) is 15.6. The van der Waals surface area contributed by atoms with Crippen molar-refractivity contribution in [2.24, 2.45) is 0 Å². The van der Waals surface area contributed by atoms with Crippen LogP contribution in [-0.2, 0) is 6.61 Å². The van der Waals surface area contributed by atoms with Gasteiger partial charge in [0, 0.05) is 18.3 Å². The summed E-state index contributed by atoms with van der Waals surface area (Å²) < 4.78 is 11.3. The lowest BCUT2D eigenvalue weighted by Gasteiger charge is -2.35. The molecule has 1 atom stereocenters. The summed E-state index contributed by atoms with van der Waals surface area (Å²) in [5.41, 5.74) is 7.90. The van der Waals surface area contributed by atoms with E-state index < -0.39 is 0 Å². The molecule has 6 heteroatoms. The quantitative estimate of drug-likeness (QED) is 0.764. The summed E-state index contributed by atoms with van der Waals surface area (Å²) in [7, 11) is 1.53. The molecule has 0 bridgehead atoms. The topological polar surface area (TPSA) is 85.0 Å². The molecular formula is C21H26N2O4. The fourth-order valence-electron chi connectivity index (χ4n) is 3.38. The predicted octanol–water partition coefficient (Wildman–Crippen LogP) is 2.84. The predicted molar refractivity (Wildman–Crippen MR) is 104 cm³/mol. The second kappa shape index (κ2) is 8.77. The zero-order chi connectivity index (χ0) is 19.2. The molecular weight excluding hydrogens is 344 g/mol. The Morgan fingerprint density at radius 2 is 2.00 bits per heavy atom. The van der Waals surface area contributed by atoms with Crippen molar-refractivity contribution in [1.29, 1.82) is 0 Å². The standard InChI is InChI=1S/C21H26N2O4/c1-26-19-11-17(21(25)23-10-6-5-9-16(23)13-24)18(22)12-20(19)27-14-15-7-3-2-4-8-15/h2-4,7-8,11-12,16,24H,5-6,9-10,13-14,22H2,1H3. The summed E-state index contributed by atoms with van der Waals surface area (Å²) in [5, 5.41) is 9.58. The summed E-state index contributed by atoms with van der Waals surface area (Å²) in [6, 6.07) is 12.9. The summed E-state index contributed by atoms with van der Waals surface area (Å²) in [4.78, 5) is 14.7. The average molecular weight is 370 g/mol. The van der Waals surface area contributed by atoms with Gasteiger partial charge in [0.25, 0.3) is 5.91 Å². The number of nitrogens with two attached hydrogens (primary N) is 1. The van der Waals surface area contributed by atoms with Crippen molar-refractivity contribution >= 4 is 11.6 Å². The summed E-state index contributed by atoms with van der Waals surface area (Å²) in [5.74, 6) is 0.771. The fraction of sp³-hybridized carbons (Fsp3) is 0.381. The lowest BCUT2D eigenvalue weighted by Crippen LogP contribution is -2.45. The highest BCUT2D eigenvalue weighted by Gasteiger charge is 2.28. The number of hydrogen-bond donors (Lipinski definition) is 2. The Balaban J connectivity index is 1.81. The molecule has 0 spiro atoms. The van der Waals surface area contributed by atoms with Crippen molar-refractivity contribution in [3.05, 3.63) is 53.6 Å². The number of amides is 1. The van der Waals surface area contributed by atoms with Gasteiger partial charge < -0.3 is 25.2 Å². The van der Waals surface area contributed by atoms with E-state index >= 15 is 0 Å². The van der Waals surface area contributed by atoms with E-state index in [-0.39, 0.29) is 18.6 Å². The van der Waals surface area contributed by atoms with E-state index in [0.717, 1.165) is 24.8 Å². The highest BCUT2D eigenvalue weighted by Crippen LogP contribution is 2.34. The number of nitrogen functional groups attached to an aromatic ring is 1. The second-order valence-corrected chi connectivity index (χ2v) is 6.70. The second-order valence-electron chi connectivity index (χ2n) is 6.70. The number of aliphatic hydroxyl groups excluding tert-OH is 1. The maximum Gasteiger partial charge on any atom is 0.256 e. The normalized spacial score (nSPS) is 16.8. The van der Waals surface area contributed by atoms with Crippen LogP contribution in [0.15, 0.2) is 42.5 Å². The van der Waals surface area contributed by atoms with Crippen LogP contribution >= 0.6 is 0 Å². The molecule has 3 rings (SSSR count). The first-order valence-corrected chi connectivity index (χ1v) is 9.20. The number of nitrogens with zero attached hydrogens (tertiary/aromatic N) is 1. The maximum atomic E-state index is 13.0. The van der Waals surface area contributed by atoms with E-state index in [2.05, 4.69) is 0 Å². The van der Waals surface area contributed by atoms with Crippen LogP contribution < -0.4 is 15.2 Å². The molecule has 144 valence electrons. The Kier molecular flexibility index (Phi) is 6.19. The van der Waals surface area contributed by atoms with Crippen molar-refractivity contribution in [3.8, 4) is 11.5 Å². The van der Waals surface area contributed by atoms with Gasteiger partial charge in [0.05, 0.1) is 25.3 Å². The Morgan fingerprint density at radius 1 is 1.22 bits per heavy atom. The molecule has 1 amide bonds. The van der Waals surface area contributed by atoms with Crippen LogP contribution in [0.3, 0.4) is 0 Å². The molecule has 0 saturated carbocycles. The van der Waals surface area contributed by atoms with E-state index in [1.807, 2.05) is 30.3 Å². The Morgan fingerprint density at radius 3 is 2.70 bits per heavy atom. The summed E-state index contributed by atoms with van der Waals surface area (Å²) in [6.07, 6.45) is 2.75. The van der Waals surface area contributed by atoms with Gasteiger partial charge in [0.2, 0.25) is 0 Å². The average Bonchev–Trinajstić information content (AvgIpc) is 2.72. The lowest BCUT2D eigenvalue weighted by atomic mass is 10.0.